The summed E-state index contributed by atoms with van der Waals surface area (Å²) in [5.41, 5.74) is 4.72. The summed E-state index contributed by atoms with van der Waals surface area (Å²) in [6.45, 7) is 9.18. The fourth-order valence-corrected chi connectivity index (χ4v) is 5.77. The highest BCUT2D eigenvalue weighted by Gasteiger charge is 2.35. The van der Waals surface area contributed by atoms with E-state index in [4.69, 9.17) is 23.7 Å². The van der Waals surface area contributed by atoms with Gasteiger partial charge in [-0.1, -0.05) is 30.3 Å². The van der Waals surface area contributed by atoms with Crippen molar-refractivity contribution in [1.82, 2.24) is 5.32 Å². The minimum absolute atomic E-state index is 0.0293. The number of nitrogens with zero attached hydrogens (tertiary/aromatic N) is 1. The summed E-state index contributed by atoms with van der Waals surface area (Å²) in [6.07, 6.45) is 2.44. The first kappa shape index (κ1) is 30.8. The van der Waals surface area contributed by atoms with Crippen molar-refractivity contribution in [1.29, 1.82) is 0 Å². The van der Waals surface area contributed by atoms with Crippen LogP contribution in [-0.4, -0.2) is 84.1 Å². The van der Waals surface area contributed by atoms with Crippen molar-refractivity contribution in [2.45, 2.75) is 57.5 Å². The molecule has 222 valence electrons. The maximum absolute atomic E-state index is 10.0. The van der Waals surface area contributed by atoms with Gasteiger partial charge >= 0.3 is 0 Å². The number of nitrogens with one attached hydrogen (secondary N) is 1. The number of piperidine rings is 1. The molecule has 0 radical (unpaired) electrons. The zero-order valence-corrected chi connectivity index (χ0v) is 24.5. The molecule has 0 aromatic heterocycles. The molecule has 2 N–H and O–H groups in total. The van der Waals surface area contributed by atoms with Gasteiger partial charge in [0.05, 0.1) is 50.9 Å². The predicted molar refractivity (Wildman–Crippen MR) is 157 cm³/mol. The minimum Gasteiger partial charge on any atom is -0.490 e. The molecule has 40 heavy (non-hydrogen) atoms. The van der Waals surface area contributed by atoms with Gasteiger partial charge in [0.15, 0.2) is 0 Å². The molecule has 0 bridgehead atoms. The van der Waals surface area contributed by atoms with Crippen LogP contribution < -0.4 is 15.0 Å². The van der Waals surface area contributed by atoms with Crippen LogP contribution >= 0.6 is 0 Å². The van der Waals surface area contributed by atoms with E-state index in [1.807, 2.05) is 6.92 Å². The van der Waals surface area contributed by atoms with Crippen molar-refractivity contribution < 1.29 is 28.8 Å². The first-order valence-corrected chi connectivity index (χ1v) is 14.7. The zero-order valence-electron chi connectivity index (χ0n) is 24.5. The number of aliphatic hydroxyl groups excluding tert-OH is 1. The molecule has 8 heteroatoms. The Balaban J connectivity index is 1.45. The van der Waals surface area contributed by atoms with Gasteiger partial charge in [-0.3, -0.25) is 0 Å². The number of fused-ring (bicyclic) bond motifs is 1. The summed E-state index contributed by atoms with van der Waals surface area (Å²) < 4.78 is 28.6. The maximum atomic E-state index is 10.0. The average molecular weight is 557 g/mol. The van der Waals surface area contributed by atoms with Crippen LogP contribution in [0.2, 0.25) is 0 Å². The summed E-state index contributed by atoms with van der Waals surface area (Å²) in [5.74, 6) is 1.56. The van der Waals surface area contributed by atoms with Crippen LogP contribution in [0.1, 0.15) is 48.8 Å². The molecular weight excluding hydrogens is 508 g/mol. The second kappa shape index (κ2) is 16.3. The highest BCUT2D eigenvalue weighted by molar-refractivity contribution is 5.61. The van der Waals surface area contributed by atoms with Crippen LogP contribution in [0, 0.1) is 5.92 Å². The lowest BCUT2D eigenvalue weighted by molar-refractivity contribution is -0.00912. The van der Waals surface area contributed by atoms with Crippen LogP contribution in [0.4, 0.5) is 5.69 Å². The molecule has 8 nitrogen and oxygen atoms in total. The quantitative estimate of drug-likeness (QED) is 0.299. The van der Waals surface area contributed by atoms with Gasteiger partial charge in [0.2, 0.25) is 0 Å². The van der Waals surface area contributed by atoms with Gasteiger partial charge in [0.25, 0.3) is 0 Å². The molecule has 2 aromatic carbocycles. The fourth-order valence-electron chi connectivity index (χ4n) is 5.77. The van der Waals surface area contributed by atoms with E-state index in [2.05, 4.69) is 52.7 Å². The second-order valence-corrected chi connectivity index (χ2v) is 11.0. The number of hydrogen-bond acceptors (Lipinski definition) is 8. The fraction of sp³-hybridized carbons (Fsp3) is 0.625. The van der Waals surface area contributed by atoms with Crippen LogP contribution in [-0.2, 0) is 32.2 Å². The van der Waals surface area contributed by atoms with Crippen LogP contribution in [0.15, 0.2) is 42.5 Å². The van der Waals surface area contributed by atoms with Gasteiger partial charge in [0, 0.05) is 39.8 Å². The van der Waals surface area contributed by atoms with E-state index in [1.54, 1.807) is 14.2 Å². The number of ether oxygens (including phenoxy) is 5. The smallest absolute Gasteiger partial charge is 0.142 e. The lowest BCUT2D eigenvalue weighted by Crippen LogP contribution is -2.47. The van der Waals surface area contributed by atoms with E-state index in [9.17, 15) is 5.11 Å². The lowest BCUT2D eigenvalue weighted by atomic mass is 9.76. The molecule has 0 spiro atoms. The van der Waals surface area contributed by atoms with Crippen LogP contribution in [0.5, 0.6) is 5.75 Å². The van der Waals surface area contributed by atoms with Crippen molar-refractivity contribution in [3.8, 4) is 5.75 Å². The van der Waals surface area contributed by atoms with Crippen LogP contribution in [0.25, 0.3) is 0 Å². The Kier molecular flexibility index (Phi) is 12.5. The van der Waals surface area contributed by atoms with Crippen molar-refractivity contribution >= 4 is 5.69 Å². The first-order chi connectivity index (χ1) is 19.6. The minimum atomic E-state index is -0.307. The molecule has 2 aliphatic heterocycles. The highest BCUT2D eigenvalue weighted by Crippen LogP contribution is 2.37. The number of aliphatic hydroxyl groups is 1. The predicted octanol–water partition coefficient (Wildman–Crippen LogP) is 4.13. The summed E-state index contributed by atoms with van der Waals surface area (Å²) >= 11 is 0. The molecule has 0 aliphatic carbocycles. The monoisotopic (exact) mass is 556 g/mol. The lowest BCUT2D eigenvalue weighted by Gasteiger charge is -2.39. The van der Waals surface area contributed by atoms with Gasteiger partial charge in [-0.15, -0.1) is 0 Å². The standard InChI is InChI=1S/C32H48N2O6/c1-24(35)5-9-28-20-33-21-31(32(28)27-10-6-25(7-11-27)22-38-18-17-37-3)40-23-26-8-12-30-29(19-26)34(14-16-39-30)13-4-15-36-2/h6-8,10-12,19,24,28,31-33,35H,4-5,9,13-18,20-23H2,1-3H3/t24?,28-,31+,32+/m1/s1. The molecule has 1 fully saturated rings. The normalized spacial score (nSPS) is 21.6. The molecule has 1 unspecified atom stereocenters. The molecule has 2 heterocycles. The highest BCUT2D eigenvalue weighted by atomic mass is 16.5. The Bertz CT molecular complexity index is 1000. The SMILES string of the molecule is COCCCN1CCOc2ccc(CO[C@H]3CNC[C@@H](CCC(C)O)[C@@H]3c3ccc(COCCOC)cc3)cc21. The number of benzene rings is 2. The van der Waals surface area contributed by atoms with E-state index in [-0.39, 0.29) is 18.1 Å². The zero-order chi connectivity index (χ0) is 28.2. The van der Waals surface area contributed by atoms with Gasteiger partial charge in [-0.25, -0.2) is 0 Å². The topological polar surface area (TPSA) is 81.7 Å². The molecule has 0 amide bonds. The van der Waals surface area contributed by atoms with Gasteiger partial charge < -0.3 is 39.0 Å². The average Bonchev–Trinajstić information content (AvgIpc) is 2.98. The van der Waals surface area contributed by atoms with Crippen LogP contribution in [0.3, 0.4) is 0 Å². The van der Waals surface area contributed by atoms with Gasteiger partial charge in [-0.05, 0) is 67.5 Å². The number of rotatable bonds is 16. The Hall–Kier alpha value is -2.20. The Morgan fingerprint density at radius 1 is 1.00 bits per heavy atom. The summed E-state index contributed by atoms with van der Waals surface area (Å²) in [7, 11) is 3.43. The third-order valence-electron chi connectivity index (χ3n) is 7.90. The molecule has 2 aliphatic rings. The van der Waals surface area contributed by atoms with Crippen molar-refractivity contribution in [3.63, 3.8) is 0 Å². The Morgan fingerprint density at radius 2 is 1.80 bits per heavy atom. The molecular formula is C32H48N2O6. The number of methoxy groups -OCH3 is 2. The molecule has 4 rings (SSSR count). The third-order valence-corrected chi connectivity index (χ3v) is 7.90. The number of anilines is 1. The summed E-state index contributed by atoms with van der Waals surface area (Å²) in [4.78, 5) is 2.39. The molecule has 2 aromatic rings. The van der Waals surface area contributed by atoms with Gasteiger partial charge in [0.1, 0.15) is 12.4 Å². The van der Waals surface area contributed by atoms with E-state index >= 15 is 0 Å². The number of hydrogen-bond donors (Lipinski definition) is 2. The van der Waals surface area contributed by atoms with E-state index in [0.717, 1.165) is 74.6 Å². The molecule has 0 saturated carbocycles. The third kappa shape index (κ3) is 8.90. The molecule has 4 atom stereocenters. The summed E-state index contributed by atoms with van der Waals surface area (Å²) in [6, 6.07) is 15.2. The van der Waals surface area contributed by atoms with Crippen molar-refractivity contribution in [3.05, 3.63) is 59.2 Å². The van der Waals surface area contributed by atoms with Gasteiger partial charge in [-0.2, -0.15) is 0 Å². The maximum Gasteiger partial charge on any atom is 0.142 e. The first-order valence-electron chi connectivity index (χ1n) is 14.7. The van der Waals surface area contributed by atoms with Crippen molar-refractivity contribution in [2.24, 2.45) is 5.92 Å². The molecule has 1 saturated heterocycles. The Morgan fingerprint density at radius 3 is 2.58 bits per heavy atom. The van der Waals surface area contributed by atoms with E-state index in [0.29, 0.717) is 39.0 Å². The second-order valence-electron chi connectivity index (χ2n) is 11.0. The van der Waals surface area contributed by atoms with Crippen molar-refractivity contribution in [2.75, 3.05) is 71.7 Å². The van der Waals surface area contributed by atoms with E-state index < -0.39 is 0 Å². The Labute approximate surface area is 239 Å². The summed E-state index contributed by atoms with van der Waals surface area (Å²) in [5, 5.41) is 13.6. The largest absolute Gasteiger partial charge is 0.490 e. The van der Waals surface area contributed by atoms with E-state index in [1.165, 1.54) is 5.56 Å².